The van der Waals surface area contributed by atoms with Gasteiger partial charge >= 0.3 is 0 Å². The number of hydrogen-bond donors (Lipinski definition) is 2. The molecule has 0 saturated carbocycles. The van der Waals surface area contributed by atoms with E-state index in [0.717, 1.165) is 24.6 Å². The molecule has 0 saturated heterocycles. The van der Waals surface area contributed by atoms with E-state index < -0.39 is 10.7 Å². The van der Waals surface area contributed by atoms with Crippen LogP contribution in [0.25, 0.3) is 0 Å². The lowest BCUT2D eigenvalue weighted by atomic mass is 10.2. The van der Waals surface area contributed by atoms with Gasteiger partial charge in [0.15, 0.2) is 0 Å². The minimum absolute atomic E-state index is 0.108. The highest BCUT2D eigenvalue weighted by molar-refractivity contribution is 5.61. The van der Waals surface area contributed by atoms with Crippen LogP contribution in [0.1, 0.15) is 13.3 Å². The van der Waals surface area contributed by atoms with Gasteiger partial charge in [-0.1, -0.05) is 6.92 Å². The van der Waals surface area contributed by atoms with Gasteiger partial charge in [0.05, 0.1) is 4.92 Å². The van der Waals surface area contributed by atoms with Crippen molar-refractivity contribution in [2.75, 3.05) is 11.9 Å². The Balaban J connectivity index is 2.84. The van der Waals surface area contributed by atoms with Gasteiger partial charge in [-0.15, -0.1) is 0 Å². The van der Waals surface area contributed by atoms with E-state index in [2.05, 4.69) is 5.32 Å². The molecule has 1 atom stereocenters. The molecule has 0 aliphatic carbocycles. The van der Waals surface area contributed by atoms with Crippen LogP contribution in [0.5, 0.6) is 0 Å². The van der Waals surface area contributed by atoms with Crippen LogP contribution in [0.2, 0.25) is 0 Å². The zero-order valence-electron chi connectivity index (χ0n) is 8.94. The summed E-state index contributed by atoms with van der Waals surface area (Å²) in [5.74, 6) is -0.516. The molecule has 0 fully saturated rings. The van der Waals surface area contributed by atoms with E-state index in [1.807, 2.05) is 6.92 Å². The third-order valence-corrected chi connectivity index (χ3v) is 2.23. The first-order chi connectivity index (χ1) is 7.54. The Morgan fingerprint density at radius 1 is 1.62 bits per heavy atom. The predicted octanol–water partition coefficient (Wildman–Crippen LogP) is 1.88. The highest BCUT2D eigenvalue weighted by Gasteiger charge is 2.14. The predicted molar refractivity (Wildman–Crippen MR) is 59.8 cm³/mol. The zero-order chi connectivity index (χ0) is 12.1. The van der Waals surface area contributed by atoms with Crippen molar-refractivity contribution in [3.05, 3.63) is 34.1 Å². The molecule has 1 rings (SSSR count). The van der Waals surface area contributed by atoms with Gasteiger partial charge < -0.3 is 11.1 Å². The van der Waals surface area contributed by atoms with Gasteiger partial charge in [0, 0.05) is 24.7 Å². The van der Waals surface area contributed by atoms with Crippen LogP contribution in [0.15, 0.2) is 18.2 Å². The summed E-state index contributed by atoms with van der Waals surface area (Å²) in [7, 11) is 0. The molecule has 16 heavy (non-hydrogen) atoms. The fourth-order valence-corrected chi connectivity index (χ4v) is 1.19. The molecular formula is C10H14FN3O2. The summed E-state index contributed by atoms with van der Waals surface area (Å²) in [5, 5.41) is 13.4. The molecule has 0 spiro atoms. The van der Waals surface area contributed by atoms with E-state index in [1.165, 1.54) is 0 Å². The summed E-state index contributed by atoms with van der Waals surface area (Å²) in [6, 6.07) is 3.18. The number of halogens is 1. The molecule has 6 heteroatoms. The maximum absolute atomic E-state index is 12.9. The summed E-state index contributed by atoms with van der Waals surface area (Å²) < 4.78 is 12.9. The Bertz CT molecular complexity index is 384. The topological polar surface area (TPSA) is 81.2 Å². The molecule has 0 aromatic heterocycles. The number of nitro groups is 1. The monoisotopic (exact) mass is 227 g/mol. The largest absolute Gasteiger partial charge is 0.378 e. The van der Waals surface area contributed by atoms with Gasteiger partial charge in [-0.2, -0.15) is 0 Å². The smallest absolute Gasteiger partial charge is 0.292 e. The molecule has 0 bridgehead atoms. The Morgan fingerprint density at radius 3 is 2.88 bits per heavy atom. The fourth-order valence-electron chi connectivity index (χ4n) is 1.19. The number of hydrogen-bond acceptors (Lipinski definition) is 4. The standard InChI is InChI=1S/C10H14FN3O2/c1-2-8(12)6-13-9-5-7(11)3-4-10(9)14(15)16/h3-5,8,13H,2,6,12H2,1H3. The molecule has 5 nitrogen and oxygen atoms in total. The maximum Gasteiger partial charge on any atom is 0.292 e. The van der Waals surface area contributed by atoms with E-state index in [-0.39, 0.29) is 17.4 Å². The summed E-state index contributed by atoms with van der Waals surface area (Å²) in [6.45, 7) is 2.28. The quantitative estimate of drug-likeness (QED) is 0.594. The van der Waals surface area contributed by atoms with Crippen molar-refractivity contribution >= 4 is 11.4 Å². The van der Waals surface area contributed by atoms with Crippen LogP contribution < -0.4 is 11.1 Å². The van der Waals surface area contributed by atoms with Gasteiger partial charge in [-0.05, 0) is 12.5 Å². The average Bonchev–Trinajstić information content (AvgIpc) is 2.25. The number of nitrogens with one attached hydrogen (secondary N) is 1. The first-order valence-electron chi connectivity index (χ1n) is 4.98. The average molecular weight is 227 g/mol. The summed E-state index contributed by atoms with van der Waals surface area (Å²) >= 11 is 0. The maximum atomic E-state index is 12.9. The van der Waals surface area contributed by atoms with Crippen molar-refractivity contribution in [2.45, 2.75) is 19.4 Å². The normalized spacial score (nSPS) is 12.2. The number of nitrogens with two attached hydrogens (primary N) is 1. The second kappa shape index (κ2) is 5.41. The number of benzene rings is 1. The zero-order valence-corrected chi connectivity index (χ0v) is 8.94. The van der Waals surface area contributed by atoms with Crippen molar-refractivity contribution in [1.29, 1.82) is 0 Å². The number of anilines is 1. The first-order valence-corrected chi connectivity index (χ1v) is 4.98. The van der Waals surface area contributed by atoms with Crippen molar-refractivity contribution in [3.63, 3.8) is 0 Å². The second-order valence-electron chi connectivity index (χ2n) is 3.47. The van der Waals surface area contributed by atoms with Crippen LogP contribution in [0.3, 0.4) is 0 Å². The van der Waals surface area contributed by atoms with E-state index >= 15 is 0 Å². The molecule has 1 aromatic carbocycles. The van der Waals surface area contributed by atoms with Crippen LogP contribution in [0, 0.1) is 15.9 Å². The van der Waals surface area contributed by atoms with Crippen LogP contribution in [-0.4, -0.2) is 17.5 Å². The third-order valence-electron chi connectivity index (χ3n) is 2.23. The molecule has 1 aromatic rings. The number of rotatable bonds is 5. The summed E-state index contributed by atoms with van der Waals surface area (Å²) in [6.07, 6.45) is 0.746. The van der Waals surface area contributed by atoms with Crippen molar-refractivity contribution in [2.24, 2.45) is 5.73 Å². The van der Waals surface area contributed by atoms with Gasteiger partial charge in [-0.3, -0.25) is 10.1 Å². The molecule has 1 unspecified atom stereocenters. The second-order valence-corrected chi connectivity index (χ2v) is 3.47. The Hall–Kier alpha value is -1.69. The number of nitro benzene ring substituents is 1. The molecule has 0 radical (unpaired) electrons. The summed E-state index contributed by atoms with van der Waals surface area (Å²) in [4.78, 5) is 10.1. The highest BCUT2D eigenvalue weighted by atomic mass is 19.1. The van der Waals surface area contributed by atoms with Crippen molar-refractivity contribution in [1.82, 2.24) is 0 Å². The van der Waals surface area contributed by atoms with Crippen LogP contribution in [0.4, 0.5) is 15.8 Å². The lowest BCUT2D eigenvalue weighted by molar-refractivity contribution is -0.384. The van der Waals surface area contributed by atoms with E-state index in [0.29, 0.717) is 6.54 Å². The van der Waals surface area contributed by atoms with Gasteiger partial charge in [0.1, 0.15) is 11.5 Å². The van der Waals surface area contributed by atoms with Crippen molar-refractivity contribution in [3.8, 4) is 0 Å². The Labute approximate surface area is 92.6 Å². The molecule has 88 valence electrons. The third kappa shape index (κ3) is 3.16. The molecule has 0 aliphatic rings. The Kier molecular flexibility index (Phi) is 4.19. The molecule has 3 N–H and O–H groups in total. The molecule has 0 aliphatic heterocycles. The first kappa shape index (κ1) is 12.4. The lowest BCUT2D eigenvalue weighted by Gasteiger charge is -2.11. The highest BCUT2D eigenvalue weighted by Crippen LogP contribution is 2.24. The van der Waals surface area contributed by atoms with Gasteiger partial charge in [-0.25, -0.2) is 4.39 Å². The molecule has 0 heterocycles. The molecular weight excluding hydrogens is 213 g/mol. The minimum atomic E-state index is -0.556. The molecule has 0 amide bonds. The number of nitrogens with zero attached hydrogens (tertiary/aromatic N) is 1. The van der Waals surface area contributed by atoms with E-state index in [1.54, 1.807) is 0 Å². The Morgan fingerprint density at radius 2 is 2.31 bits per heavy atom. The van der Waals surface area contributed by atoms with Gasteiger partial charge in [0.25, 0.3) is 5.69 Å². The van der Waals surface area contributed by atoms with Crippen LogP contribution >= 0.6 is 0 Å². The summed E-state index contributed by atoms with van der Waals surface area (Å²) in [5.41, 5.74) is 5.67. The fraction of sp³-hybridized carbons (Fsp3) is 0.400. The van der Waals surface area contributed by atoms with Crippen LogP contribution in [-0.2, 0) is 0 Å². The minimum Gasteiger partial charge on any atom is -0.378 e. The van der Waals surface area contributed by atoms with E-state index in [9.17, 15) is 14.5 Å². The van der Waals surface area contributed by atoms with Crippen molar-refractivity contribution < 1.29 is 9.31 Å². The lowest BCUT2D eigenvalue weighted by Crippen LogP contribution is -2.28. The van der Waals surface area contributed by atoms with E-state index in [4.69, 9.17) is 5.73 Å². The SMILES string of the molecule is CCC(N)CNc1cc(F)ccc1[N+](=O)[O-]. The van der Waals surface area contributed by atoms with Gasteiger partial charge in [0.2, 0.25) is 0 Å².